The average molecular weight is 404 g/mol. The van der Waals surface area contributed by atoms with Crippen molar-refractivity contribution in [3.05, 3.63) is 42.4 Å². The maximum Gasteiger partial charge on any atom is 0.262 e. The standard InChI is InChI=1S/C19H24N4O4S/c1-3-22-12-18(20-13-22)28(26,27)23-10-8-16(9-11-23)19(25)21-17-6-4-15(5-7-17)14(2)24/h4-7,12-13,16H,3,8-11H2,1-2H3,(H,21,25). The molecule has 0 aliphatic carbocycles. The van der Waals surface area contributed by atoms with Crippen LogP contribution in [-0.2, 0) is 21.4 Å². The number of aryl methyl sites for hydroxylation is 1. The predicted molar refractivity (Wildman–Crippen MR) is 104 cm³/mol. The summed E-state index contributed by atoms with van der Waals surface area (Å²) in [6.07, 6.45) is 3.93. The quantitative estimate of drug-likeness (QED) is 0.744. The number of benzene rings is 1. The molecule has 1 saturated heterocycles. The lowest BCUT2D eigenvalue weighted by atomic mass is 9.97. The Labute approximate surface area is 164 Å². The average Bonchev–Trinajstić information content (AvgIpc) is 3.18. The molecular formula is C19H24N4O4S. The molecule has 1 aromatic carbocycles. The highest BCUT2D eigenvalue weighted by atomic mass is 32.2. The molecule has 150 valence electrons. The molecular weight excluding hydrogens is 380 g/mol. The SMILES string of the molecule is CCn1cnc(S(=O)(=O)N2CCC(C(=O)Nc3ccc(C(C)=O)cc3)CC2)c1. The van der Waals surface area contributed by atoms with Crippen LogP contribution in [0.3, 0.4) is 0 Å². The van der Waals surface area contributed by atoms with Gasteiger partial charge in [0.15, 0.2) is 10.8 Å². The van der Waals surface area contributed by atoms with Gasteiger partial charge in [0.25, 0.3) is 10.0 Å². The number of hydrogen-bond acceptors (Lipinski definition) is 5. The summed E-state index contributed by atoms with van der Waals surface area (Å²) in [6.45, 7) is 4.61. The number of anilines is 1. The molecule has 0 bridgehead atoms. The van der Waals surface area contributed by atoms with Gasteiger partial charge in [0.1, 0.15) is 0 Å². The summed E-state index contributed by atoms with van der Waals surface area (Å²) in [5.74, 6) is -0.426. The molecule has 1 aliphatic heterocycles. The van der Waals surface area contributed by atoms with Gasteiger partial charge in [-0.15, -0.1) is 0 Å². The van der Waals surface area contributed by atoms with Crippen molar-refractivity contribution in [1.82, 2.24) is 13.9 Å². The number of nitrogens with one attached hydrogen (secondary N) is 1. The first-order chi connectivity index (χ1) is 13.3. The number of carbonyl (C=O) groups is 2. The number of Topliss-reactive ketones (excluding diaryl/α,β-unsaturated/α-hetero) is 1. The second-order valence-corrected chi connectivity index (χ2v) is 8.73. The van der Waals surface area contributed by atoms with Crippen molar-refractivity contribution in [3.63, 3.8) is 0 Å². The molecule has 2 aromatic rings. The number of ketones is 1. The van der Waals surface area contributed by atoms with Gasteiger partial charge in [-0.2, -0.15) is 4.31 Å². The molecule has 1 amide bonds. The van der Waals surface area contributed by atoms with Gasteiger partial charge in [-0.05, 0) is 51.0 Å². The van der Waals surface area contributed by atoms with E-state index in [4.69, 9.17) is 0 Å². The largest absolute Gasteiger partial charge is 0.336 e. The molecule has 8 nitrogen and oxygen atoms in total. The zero-order valence-electron chi connectivity index (χ0n) is 16.0. The monoisotopic (exact) mass is 404 g/mol. The highest BCUT2D eigenvalue weighted by molar-refractivity contribution is 7.89. The molecule has 2 heterocycles. The minimum Gasteiger partial charge on any atom is -0.336 e. The maximum atomic E-state index is 12.7. The van der Waals surface area contributed by atoms with E-state index in [-0.39, 0.29) is 35.7 Å². The van der Waals surface area contributed by atoms with Gasteiger partial charge in [0.05, 0.1) is 6.33 Å². The fourth-order valence-electron chi connectivity index (χ4n) is 3.17. The number of carbonyl (C=O) groups excluding carboxylic acids is 2. The number of nitrogens with zero attached hydrogens (tertiary/aromatic N) is 3. The Morgan fingerprint density at radius 2 is 1.82 bits per heavy atom. The van der Waals surface area contributed by atoms with Gasteiger partial charge < -0.3 is 9.88 Å². The smallest absolute Gasteiger partial charge is 0.262 e. The molecule has 1 N–H and O–H groups in total. The molecule has 28 heavy (non-hydrogen) atoms. The molecule has 0 radical (unpaired) electrons. The van der Waals surface area contributed by atoms with E-state index in [1.54, 1.807) is 28.8 Å². The van der Waals surface area contributed by atoms with Crippen LogP contribution in [0, 0.1) is 5.92 Å². The van der Waals surface area contributed by atoms with Gasteiger partial charge >= 0.3 is 0 Å². The Balaban J connectivity index is 1.58. The Morgan fingerprint density at radius 3 is 2.36 bits per heavy atom. The summed E-state index contributed by atoms with van der Waals surface area (Å²) in [5, 5.41) is 2.88. The van der Waals surface area contributed by atoms with Gasteiger partial charge in [-0.1, -0.05) is 0 Å². The number of rotatable bonds is 6. The van der Waals surface area contributed by atoms with Crippen molar-refractivity contribution in [2.24, 2.45) is 5.92 Å². The summed E-state index contributed by atoms with van der Waals surface area (Å²) in [5.41, 5.74) is 1.21. The Bertz CT molecular complexity index is 958. The molecule has 0 atom stereocenters. The van der Waals surface area contributed by atoms with Crippen LogP contribution < -0.4 is 5.32 Å². The Kier molecular flexibility index (Phi) is 5.95. The lowest BCUT2D eigenvalue weighted by Crippen LogP contribution is -2.41. The second-order valence-electron chi connectivity index (χ2n) is 6.84. The minimum atomic E-state index is -3.63. The third-order valence-corrected chi connectivity index (χ3v) is 6.75. The fraction of sp³-hybridized carbons (Fsp3) is 0.421. The van der Waals surface area contributed by atoms with Crippen molar-refractivity contribution in [2.45, 2.75) is 38.3 Å². The molecule has 0 saturated carbocycles. The van der Waals surface area contributed by atoms with Crippen LogP contribution in [0.25, 0.3) is 0 Å². The van der Waals surface area contributed by atoms with Crippen molar-refractivity contribution >= 4 is 27.4 Å². The van der Waals surface area contributed by atoms with Gasteiger partial charge in [0.2, 0.25) is 5.91 Å². The van der Waals surface area contributed by atoms with Crippen LogP contribution in [0.5, 0.6) is 0 Å². The number of aromatic nitrogens is 2. The fourth-order valence-corrected chi connectivity index (χ4v) is 4.57. The molecule has 3 rings (SSSR count). The summed E-state index contributed by atoms with van der Waals surface area (Å²) in [4.78, 5) is 27.8. The lowest BCUT2D eigenvalue weighted by molar-refractivity contribution is -0.120. The summed E-state index contributed by atoms with van der Waals surface area (Å²) in [6, 6.07) is 6.72. The molecule has 1 aliphatic rings. The van der Waals surface area contributed by atoms with Gasteiger partial charge in [-0.25, -0.2) is 13.4 Å². The van der Waals surface area contributed by atoms with Gasteiger partial charge in [-0.3, -0.25) is 9.59 Å². The van der Waals surface area contributed by atoms with E-state index in [2.05, 4.69) is 10.3 Å². The van der Waals surface area contributed by atoms with E-state index in [9.17, 15) is 18.0 Å². The topological polar surface area (TPSA) is 101 Å². The third-order valence-electron chi connectivity index (χ3n) is 4.96. The van der Waals surface area contributed by atoms with Crippen LogP contribution in [0.2, 0.25) is 0 Å². The van der Waals surface area contributed by atoms with Crippen molar-refractivity contribution < 1.29 is 18.0 Å². The maximum absolute atomic E-state index is 12.7. The predicted octanol–water partition coefficient (Wildman–Crippen LogP) is 2.14. The zero-order chi connectivity index (χ0) is 20.3. The first-order valence-electron chi connectivity index (χ1n) is 9.25. The van der Waals surface area contributed by atoms with E-state index < -0.39 is 10.0 Å². The summed E-state index contributed by atoms with van der Waals surface area (Å²) >= 11 is 0. The normalized spacial score (nSPS) is 16.1. The molecule has 1 aromatic heterocycles. The first kappa shape index (κ1) is 20.2. The van der Waals surface area contributed by atoms with E-state index in [0.29, 0.717) is 30.6 Å². The summed E-state index contributed by atoms with van der Waals surface area (Å²) in [7, 11) is -3.63. The molecule has 0 unspecified atom stereocenters. The summed E-state index contributed by atoms with van der Waals surface area (Å²) < 4.78 is 28.5. The van der Waals surface area contributed by atoms with Crippen LogP contribution in [0.1, 0.15) is 37.0 Å². The molecule has 9 heteroatoms. The number of sulfonamides is 1. The zero-order valence-corrected chi connectivity index (χ0v) is 16.8. The number of imidazole rings is 1. The Hall–Kier alpha value is -2.52. The van der Waals surface area contributed by atoms with Gasteiger partial charge in [0, 0.05) is 43.0 Å². The van der Waals surface area contributed by atoms with Crippen molar-refractivity contribution in [1.29, 1.82) is 0 Å². The first-order valence-corrected chi connectivity index (χ1v) is 10.7. The van der Waals surface area contributed by atoms with Crippen LogP contribution in [-0.4, -0.2) is 47.1 Å². The van der Waals surface area contributed by atoms with Crippen LogP contribution in [0.4, 0.5) is 5.69 Å². The lowest BCUT2D eigenvalue weighted by Gasteiger charge is -2.29. The highest BCUT2D eigenvalue weighted by Crippen LogP contribution is 2.24. The third kappa shape index (κ3) is 4.31. The number of piperidine rings is 1. The minimum absolute atomic E-state index is 0.0322. The van der Waals surface area contributed by atoms with E-state index >= 15 is 0 Å². The van der Waals surface area contributed by atoms with E-state index in [1.807, 2.05) is 6.92 Å². The molecule has 0 spiro atoms. The van der Waals surface area contributed by atoms with E-state index in [0.717, 1.165) is 0 Å². The van der Waals surface area contributed by atoms with Crippen molar-refractivity contribution in [3.8, 4) is 0 Å². The molecule has 1 fully saturated rings. The van der Waals surface area contributed by atoms with Crippen LogP contribution >= 0.6 is 0 Å². The number of hydrogen-bond donors (Lipinski definition) is 1. The number of amides is 1. The van der Waals surface area contributed by atoms with Crippen molar-refractivity contribution in [2.75, 3.05) is 18.4 Å². The highest BCUT2D eigenvalue weighted by Gasteiger charge is 2.33. The second kappa shape index (κ2) is 8.24. The van der Waals surface area contributed by atoms with Crippen LogP contribution in [0.15, 0.2) is 41.8 Å². The Morgan fingerprint density at radius 1 is 1.18 bits per heavy atom. The van der Waals surface area contributed by atoms with E-state index in [1.165, 1.54) is 23.8 Å².